The maximum absolute atomic E-state index is 11.7. The van der Waals surface area contributed by atoms with Gasteiger partial charge in [0.05, 0.1) is 10.6 Å². The van der Waals surface area contributed by atoms with Crippen LogP contribution in [0.3, 0.4) is 0 Å². The van der Waals surface area contributed by atoms with Gasteiger partial charge in [-0.05, 0) is 30.8 Å². The minimum Gasteiger partial charge on any atom is -0.312 e. The molecule has 1 aromatic carbocycles. The van der Waals surface area contributed by atoms with Crippen LogP contribution in [0.1, 0.15) is 11.6 Å². The molecule has 3 nitrogen and oxygen atoms in total. The summed E-state index contributed by atoms with van der Waals surface area (Å²) in [5.41, 5.74) is 0.778. The summed E-state index contributed by atoms with van der Waals surface area (Å²) in [5, 5.41) is 3.54. The molecule has 1 N–H and O–H groups in total. The number of hydrogen-bond donors (Lipinski definition) is 1. The minimum atomic E-state index is -3.10. The molecule has 0 unspecified atom stereocenters. The zero-order chi connectivity index (χ0) is 10.3. The molecule has 0 aromatic heterocycles. The summed E-state index contributed by atoms with van der Waals surface area (Å²) < 4.78 is 23.3. The molecule has 0 spiro atoms. The van der Waals surface area contributed by atoms with Gasteiger partial charge in [-0.1, -0.05) is 11.6 Å². The average molecular weight is 232 g/mol. The highest BCUT2D eigenvalue weighted by atomic mass is 35.5. The molecule has 1 heterocycles. The lowest BCUT2D eigenvalue weighted by molar-refractivity contribution is 0.591. The number of rotatable bonds is 1. The van der Waals surface area contributed by atoms with E-state index in [1.165, 1.54) is 0 Å². The fourth-order valence-corrected chi connectivity index (χ4v) is 3.69. The van der Waals surface area contributed by atoms with Gasteiger partial charge < -0.3 is 5.32 Å². The number of benzene rings is 1. The van der Waals surface area contributed by atoms with Crippen LogP contribution in [0.4, 0.5) is 0 Å². The van der Waals surface area contributed by atoms with Crippen molar-refractivity contribution in [1.82, 2.24) is 5.32 Å². The molecule has 0 aliphatic carbocycles. The smallest absolute Gasteiger partial charge is 0.180 e. The molecular weight excluding hydrogens is 222 g/mol. The summed E-state index contributed by atoms with van der Waals surface area (Å²) in [6, 6.07) is 4.76. The van der Waals surface area contributed by atoms with E-state index >= 15 is 0 Å². The van der Waals surface area contributed by atoms with Gasteiger partial charge in [0.15, 0.2) is 9.84 Å². The van der Waals surface area contributed by atoms with E-state index in [0.29, 0.717) is 9.92 Å². The first-order valence-corrected chi connectivity index (χ1v) is 6.27. The second kappa shape index (κ2) is 3.22. The molecule has 1 aliphatic rings. The Morgan fingerprint density at radius 2 is 2.21 bits per heavy atom. The molecule has 14 heavy (non-hydrogen) atoms. The Morgan fingerprint density at radius 3 is 2.86 bits per heavy atom. The van der Waals surface area contributed by atoms with Gasteiger partial charge in [0.1, 0.15) is 0 Å². The van der Waals surface area contributed by atoms with Crippen LogP contribution in [0.5, 0.6) is 0 Å². The van der Waals surface area contributed by atoms with E-state index in [1.807, 2.05) is 0 Å². The highest BCUT2D eigenvalue weighted by molar-refractivity contribution is 7.91. The largest absolute Gasteiger partial charge is 0.312 e. The van der Waals surface area contributed by atoms with Gasteiger partial charge in [0.25, 0.3) is 0 Å². The Labute approximate surface area is 88.0 Å². The van der Waals surface area contributed by atoms with Crippen molar-refractivity contribution in [1.29, 1.82) is 0 Å². The van der Waals surface area contributed by atoms with E-state index in [0.717, 1.165) is 5.56 Å². The van der Waals surface area contributed by atoms with E-state index in [-0.39, 0.29) is 11.8 Å². The van der Waals surface area contributed by atoms with E-state index in [2.05, 4.69) is 5.32 Å². The number of nitrogens with one attached hydrogen (secondary N) is 1. The monoisotopic (exact) mass is 231 g/mol. The van der Waals surface area contributed by atoms with Gasteiger partial charge in [-0.3, -0.25) is 0 Å². The summed E-state index contributed by atoms with van der Waals surface area (Å²) in [5.74, 6) is 0.124. The molecule has 1 aromatic rings. The van der Waals surface area contributed by atoms with Crippen molar-refractivity contribution in [3.05, 3.63) is 28.8 Å². The highest BCUT2D eigenvalue weighted by Gasteiger charge is 2.33. The summed E-state index contributed by atoms with van der Waals surface area (Å²) in [7, 11) is -1.36. The third kappa shape index (κ3) is 1.43. The fourth-order valence-electron chi connectivity index (χ4n) is 1.71. The molecule has 5 heteroatoms. The number of halogens is 1. The molecule has 76 valence electrons. The Bertz CT molecular complexity index is 470. The second-order valence-electron chi connectivity index (χ2n) is 3.30. The van der Waals surface area contributed by atoms with Crippen molar-refractivity contribution >= 4 is 21.4 Å². The van der Waals surface area contributed by atoms with Crippen LogP contribution in [-0.4, -0.2) is 21.2 Å². The molecule has 0 saturated carbocycles. The summed E-state index contributed by atoms with van der Waals surface area (Å²) in [4.78, 5) is 0.404. The SMILES string of the molecule is CN[C@@H]1CS(=O)(=O)c2ccc(Cl)cc21. The number of hydrogen-bond acceptors (Lipinski definition) is 3. The van der Waals surface area contributed by atoms with Gasteiger partial charge in [0.2, 0.25) is 0 Å². The van der Waals surface area contributed by atoms with Crippen LogP contribution in [0.2, 0.25) is 5.02 Å². The Balaban J connectivity index is 2.65. The van der Waals surface area contributed by atoms with Gasteiger partial charge in [0, 0.05) is 11.1 Å². The number of fused-ring (bicyclic) bond motifs is 1. The first-order chi connectivity index (χ1) is 6.54. The standard InChI is InChI=1S/C9H10ClNO2S/c1-11-8-5-14(12,13)9-3-2-6(10)4-7(8)9/h2-4,8,11H,5H2,1H3/t8-/m1/s1. The Hall–Kier alpha value is -0.580. The first kappa shape index (κ1) is 9.96. The molecule has 1 atom stereocenters. The molecule has 0 bridgehead atoms. The van der Waals surface area contributed by atoms with E-state index in [9.17, 15) is 8.42 Å². The van der Waals surface area contributed by atoms with Crippen molar-refractivity contribution in [2.45, 2.75) is 10.9 Å². The summed E-state index contributed by atoms with van der Waals surface area (Å²) in [6.45, 7) is 0. The van der Waals surface area contributed by atoms with Crippen LogP contribution in [0.15, 0.2) is 23.1 Å². The zero-order valence-corrected chi connectivity index (χ0v) is 9.19. The van der Waals surface area contributed by atoms with Crippen molar-refractivity contribution in [2.75, 3.05) is 12.8 Å². The Morgan fingerprint density at radius 1 is 1.50 bits per heavy atom. The third-order valence-corrected chi connectivity index (χ3v) is 4.47. The molecule has 0 amide bonds. The van der Waals surface area contributed by atoms with Crippen LogP contribution in [0, 0.1) is 0 Å². The lowest BCUT2D eigenvalue weighted by Gasteiger charge is -2.07. The van der Waals surface area contributed by atoms with E-state index < -0.39 is 9.84 Å². The number of sulfone groups is 1. The maximum Gasteiger partial charge on any atom is 0.180 e. The molecule has 0 fully saturated rings. The minimum absolute atomic E-state index is 0.124. The summed E-state index contributed by atoms with van der Waals surface area (Å²) in [6.07, 6.45) is 0. The van der Waals surface area contributed by atoms with Crippen LogP contribution < -0.4 is 5.32 Å². The van der Waals surface area contributed by atoms with E-state index in [4.69, 9.17) is 11.6 Å². The van der Waals surface area contributed by atoms with E-state index in [1.54, 1.807) is 25.2 Å². The molecule has 2 rings (SSSR count). The topological polar surface area (TPSA) is 46.2 Å². The quantitative estimate of drug-likeness (QED) is 0.795. The lowest BCUT2D eigenvalue weighted by atomic mass is 10.1. The van der Waals surface area contributed by atoms with Crippen molar-refractivity contribution in [3.8, 4) is 0 Å². The second-order valence-corrected chi connectivity index (χ2v) is 5.74. The normalized spacial score (nSPS) is 23.4. The fraction of sp³-hybridized carbons (Fsp3) is 0.333. The lowest BCUT2D eigenvalue weighted by Crippen LogP contribution is -2.17. The van der Waals surface area contributed by atoms with Crippen molar-refractivity contribution in [3.63, 3.8) is 0 Å². The third-order valence-electron chi connectivity index (χ3n) is 2.42. The van der Waals surface area contributed by atoms with Crippen molar-refractivity contribution < 1.29 is 8.42 Å². The predicted octanol–water partition coefficient (Wildman–Crippen LogP) is 1.39. The average Bonchev–Trinajstić information content (AvgIpc) is 2.37. The molecule has 0 saturated heterocycles. The van der Waals surface area contributed by atoms with Crippen LogP contribution >= 0.6 is 11.6 Å². The maximum atomic E-state index is 11.7. The van der Waals surface area contributed by atoms with Crippen molar-refractivity contribution in [2.24, 2.45) is 0 Å². The zero-order valence-electron chi connectivity index (χ0n) is 7.62. The molecule has 1 aliphatic heterocycles. The van der Waals surface area contributed by atoms with Crippen LogP contribution in [0.25, 0.3) is 0 Å². The Kier molecular flexibility index (Phi) is 2.29. The predicted molar refractivity (Wildman–Crippen MR) is 55.3 cm³/mol. The van der Waals surface area contributed by atoms with Crippen LogP contribution in [-0.2, 0) is 9.84 Å². The van der Waals surface area contributed by atoms with Gasteiger partial charge >= 0.3 is 0 Å². The summed E-state index contributed by atoms with van der Waals surface area (Å²) >= 11 is 5.82. The molecular formula is C9H10ClNO2S. The van der Waals surface area contributed by atoms with Gasteiger partial charge in [-0.25, -0.2) is 8.42 Å². The highest BCUT2D eigenvalue weighted by Crippen LogP contribution is 2.34. The first-order valence-electron chi connectivity index (χ1n) is 4.24. The van der Waals surface area contributed by atoms with Gasteiger partial charge in [-0.15, -0.1) is 0 Å². The van der Waals surface area contributed by atoms with Gasteiger partial charge in [-0.2, -0.15) is 0 Å². The molecule has 0 radical (unpaired) electrons.